The number of anilines is 1. The summed E-state index contributed by atoms with van der Waals surface area (Å²) in [5, 5.41) is 0. The third-order valence-electron chi connectivity index (χ3n) is 17.4. The molecule has 5 aliphatic carbocycles. The van der Waals surface area contributed by atoms with Crippen LogP contribution in [0, 0.1) is 65.1 Å². The number of allylic oxidation sites excluding steroid dienone is 3. The minimum Gasteiger partial charge on any atom is -0.426 e. The zero-order chi connectivity index (χ0) is 49.9. The van der Waals surface area contributed by atoms with Gasteiger partial charge >= 0.3 is 5.97 Å². The molecule has 1 aromatic carbocycles. The van der Waals surface area contributed by atoms with Crippen molar-refractivity contribution in [1.82, 2.24) is 15.0 Å². The van der Waals surface area contributed by atoms with E-state index in [4.69, 9.17) is 14.7 Å². The summed E-state index contributed by atoms with van der Waals surface area (Å²) in [7, 11) is 0. The average Bonchev–Trinajstić information content (AvgIpc) is 4.11. The zero-order valence-electron chi connectivity index (χ0n) is 44.8. The van der Waals surface area contributed by atoms with Gasteiger partial charge in [-0.05, 0) is 160 Å². The number of carbonyl (C=O) groups is 2. The molecule has 0 radical (unpaired) electrons. The largest absolute Gasteiger partial charge is 0.426 e. The van der Waals surface area contributed by atoms with Crippen molar-refractivity contribution in [1.29, 1.82) is 0 Å². The van der Waals surface area contributed by atoms with Crippen LogP contribution in [0.1, 0.15) is 183 Å². The number of nitrogens with zero attached hydrogens (tertiary/aromatic N) is 4. The third kappa shape index (κ3) is 12.9. The Morgan fingerprint density at radius 2 is 1.71 bits per heavy atom. The molecular formula is C62H90N4O3. The molecule has 0 saturated heterocycles. The molecule has 4 fully saturated rings. The predicted octanol–water partition coefficient (Wildman–Crippen LogP) is 16.3. The predicted molar refractivity (Wildman–Crippen MR) is 289 cm³/mol. The van der Waals surface area contributed by atoms with E-state index in [-0.39, 0.29) is 18.6 Å². The van der Waals surface area contributed by atoms with Gasteiger partial charge in [-0.3, -0.25) is 9.78 Å². The molecule has 8 atom stereocenters. The number of carbonyl (C=O) groups excluding carboxylic acids is 2. The number of ketones is 1. The summed E-state index contributed by atoms with van der Waals surface area (Å²) in [6, 6.07) is 11.2. The molecule has 376 valence electrons. The fraction of sp³-hybridized carbons (Fsp3) is 0.629. The Morgan fingerprint density at radius 1 is 0.928 bits per heavy atom. The molecule has 7 nitrogen and oxygen atoms in total. The van der Waals surface area contributed by atoms with Gasteiger partial charge in [-0.1, -0.05) is 130 Å². The lowest BCUT2D eigenvalue weighted by Crippen LogP contribution is -2.50. The Bertz CT molecular complexity index is 2240. The van der Waals surface area contributed by atoms with Crippen LogP contribution in [0.2, 0.25) is 0 Å². The van der Waals surface area contributed by atoms with E-state index in [1.54, 1.807) is 18.3 Å². The summed E-state index contributed by atoms with van der Waals surface area (Å²) in [5.41, 5.74) is 7.15. The maximum absolute atomic E-state index is 12.2. The highest BCUT2D eigenvalue weighted by Gasteiger charge is 2.59. The fourth-order valence-electron chi connectivity index (χ4n) is 13.4. The number of hydrogen-bond donors (Lipinski definition) is 0. The first-order chi connectivity index (χ1) is 33.2. The minimum absolute atomic E-state index is 0.0458. The van der Waals surface area contributed by atoms with Gasteiger partial charge in [-0.25, -0.2) is 9.97 Å². The number of pyridine rings is 1. The third-order valence-corrected chi connectivity index (χ3v) is 17.4. The molecule has 8 rings (SSSR count). The number of aromatic nitrogens is 3. The second kappa shape index (κ2) is 24.6. The Balaban J connectivity index is 0.000000226. The van der Waals surface area contributed by atoms with Crippen molar-refractivity contribution in [2.45, 2.75) is 178 Å². The van der Waals surface area contributed by atoms with Gasteiger partial charge < -0.3 is 14.4 Å². The van der Waals surface area contributed by atoms with Crippen LogP contribution in [-0.2, 0) is 9.59 Å². The van der Waals surface area contributed by atoms with Gasteiger partial charge in [-0.2, -0.15) is 0 Å². The summed E-state index contributed by atoms with van der Waals surface area (Å²) < 4.78 is 5.51. The number of aryl methyl sites for hydroxylation is 1. The first kappa shape index (κ1) is 54.0. The zero-order valence-corrected chi connectivity index (χ0v) is 44.8. The maximum Gasteiger partial charge on any atom is 0.311 e. The molecular weight excluding hydrogens is 849 g/mol. The van der Waals surface area contributed by atoms with Gasteiger partial charge in [0.15, 0.2) is 5.82 Å². The summed E-state index contributed by atoms with van der Waals surface area (Å²) >= 11 is 0. The van der Waals surface area contributed by atoms with Crippen molar-refractivity contribution >= 4 is 23.6 Å². The maximum atomic E-state index is 12.2. The van der Waals surface area contributed by atoms with Crippen LogP contribution in [0.3, 0.4) is 0 Å². The van der Waals surface area contributed by atoms with Crippen LogP contribution in [0.25, 0.3) is 28.7 Å². The topological polar surface area (TPSA) is 85.3 Å². The summed E-state index contributed by atoms with van der Waals surface area (Å²) in [6.45, 7) is 32.4. The average molecular weight is 939 g/mol. The Kier molecular flexibility index (Phi) is 19.3. The van der Waals surface area contributed by atoms with E-state index in [0.29, 0.717) is 22.4 Å². The molecule has 0 amide bonds. The van der Waals surface area contributed by atoms with Gasteiger partial charge in [0.1, 0.15) is 17.4 Å². The molecule has 0 spiro atoms. The fourth-order valence-corrected chi connectivity index (χ4v) is 13.4. The minimum atomic E-state index is -0.443. The number of ether oxygens (including phenoxy) is 1. The van der Waals surface area contributed by atoms with Crippen LogP contribution >= 0.6 is 0 Å². The Hall–Kier alpha value is -4.39. The second-order valence-electron chi connectivity index (χ2n) is 22.4. The van der Waals surface area contributed by atoms with Gasteiger partial charge in [0.05, 0.1) is 12.1 Å². The number of fused-ring (bicyclic) bond motifs is 5. The van der Waals surface area contributed by atoms with Gasteiger partial charge in [-0.15, -0.1) is 6.58 Å². The molecule has 4 saturated carbocycles. The molecule has 1 unspecified atom stereocenters. The van der Waals surface area contributed by atoms with Crippen LogP contribution in [-0.4, -0.2) is 39.8 Å². The molecule has 2 aromatic heterocycles. The number of hydrogen-bond acceptors (Lipinski definition) is 7. The van der Waals surface area contributed by atoms with Crippen molar-refractivity contribution in [2.75, 3.05) is 18.0 Å². The normalized spacial score (nSPS) is 26.1. The van der Waals surface area contributed by atoms with E-state index >= 15 is 0 Å². The highest BCUT2D eigenvalue weighted by molar-refractivity contribution is 5.83. The smallest absolute Gasteiger partial charge is 0.311 e. The first-order valence-electron chi connectivity index (χ1n) is 27.5. The highest BCUT2D eigenvalue weighted by Crippen LogP contribution is 2.67. The quantitative estimate of drug-likeness (QED) is 0.0672. The molecule has 2 heterocycles. The lowest BCUT2D eigenvalue weighted by Gasteiger charge is -2.58. The Morgan fingerprint density at radius 3 is 2.39 bits per heavy atom. The summed E-state index contributed by atoms with van der Waals surface area (Å²) in [6.07, 6.45) is 29.4. The first-order valence-corrected chi connectivity index (χ1v) is 27.5. The van der Waals surface area contributed by atoms with E-state index in [1.165, 1.54) is 90.4 Å². The van der Waals surface area contributed by atoms with Crippen molar-refractivity contribution in [3.63, 3.8) is 0 Å². The number of Topliss-reactive ketones (excluding diaryl/α,β-unsaturated/α-hetero) is 1. The molecule has 3 aromatic rings. The molecule has 7 heteroatoms. The van der Waals surface area contributed by atoms with Crippen molar-refractivity contribution in [2.24, 2.45) is 58.2 Å². The van der Waals surface area contributed by atoms with Gasteiger partial charge in [0, 0.05) is 48.1 Å². The summed E-state index contributed by atoms with van der Waals surface area (Å²) in [5.74, 6) is 8.54. The van der Waals surface area contributed by atoms with Crippen molar-refractivity contribution < 1.29 is 14.3 Å². The van der Waals surface area contributed by atoms with Crippen molar-refractivity contribution in [3.8, 4) is 28.4 Å². The second-order valence-corrected chi connectivity index (χ2v) is 22.4. The molecule has 0 N–H and O–H groups in total. The van der Waals surface area contributed by atoms with Crippen LogP contribution in [0.5, 0.6) is 5.75 Å². The lowest BCUT2D eigenvalue weighted by atomic mass is 9.46. The van der Waals surface area contributed by atoms with Gasteiger partial charge in [0.2, 0.25) is 0 Å². The molecule has 69 heavy (non-hydrogen) atoms. The Labute approximate surface area is 418 Å². The molecule has 5 aliphatic rings. The van der Waals surface area contributed by atoms with E-state index < -0.39 is 5.97 Å². The lowest BCUT2D eigenvalue weighted by molar-refractivity contribution is -0.135. The monoisotopic (exact) mass is 939 g/mol. The highest BCUT2D eigenvalue weighted by atomic mass is 16.5. The SMILES string of the molecule is C=CC1CC[C@@]2(C)C(=CC[C@H]3[C@@H]4CC[C@H]([C@H](C)CCCC(C)C)[C@@]4(C)CC[C@@H]32)C1.C=Cc1c(-c2cccnc2C)nc(-c2cccc(OC(=O)CCC(C)=O)c2)nc1N(CCC)CCC1CC1.CC. The van der Waals surface area contributed by atoms with Crippen LogP contribution in [0.15, 0.2) is 73.5 Å². The van der Waals surface area contributed by atoms with E-state index in [2.05, 4.69) is 76.7 Å². The number of esters is 1. The summed E-state index contributed by atoms with van der Waals surface area (Å²) in [4.78, 5) is 40.4. The van der Waals surface area contributed by atoms with Gasteiger partial charge in [0.25, 0.3) is 0 Å². The number of rotatable bonds is 19. The van der Waals surface area contributed by atoms with Crippen molar-refractivity contribution in [3.05, 3.63) is 84.7 Å². The molecule has 0 aliphatic heterocycles. The van der Waals surface area contributed by atoms with E-state index in [1.807, 2.05) is 56.7 Å². The van der Waals surface area contributed by atoms with E-state index in [9.17, 15) is 9.59 Å². The standard InChI is InChI=1S/C31H36N4O3.C29H48.C2H6/c1-5-18-35(19-16-23-13-14-23)31-26(6-2)29(27-11-8-17-32-22(27)4)33-30(34-31)24-9-7-10-25(20-24)38-28(37)15-12-21(3)36;1-7-22-15-17-28(5)23(19-22)11-12-24-26-14-13-25(21(4)10-8-9-20(2)3)29(26,6)18-16-27(24)28;1-2/h6-11,17,20,23H,2,5,12-16,18-19H2,1,3-4H3;7,11,20-22,24-27H,1,8-10,12-19H2,2-6H3;1-2H3/t;21-,22?,24+,25-,26+,27+,28+,29-;/m.1./s1. The number of benzene rings is 1. The van der Waals surface area contributed by atoms with Crippen LogP contribution < -0.4 is 9.64 Å². The molecule has 0 bridgehead atoms. The van der Waals surface area contributed by atoms with E-state index in [0.717, 1.165) is 107 Å². The van der Waals surface area contributed by atoms with Crippen LogP contribution in [0.4, 0.5) is 5.82 Å².